The van der Waals surface area contributed by atoms with Gasteiger partial charge in [-0.2, -0.15) is 0 Å². The number of phenols is 1. The zero-order chi connectivity index (χ0) is 20.7. The maximum atomic E-state index is 10.9. The lowest BCUT2D eigenvalue weighted by molar-refractivity contribution is -0.757. The summed E-state index contributed by atoms with van der Waals surface area (Å²) in [6.07, 6.45) is 5.47. The monoisotopic (exact) mass is 389 g/mol. The Balaban J connectivity index is 1.89. The number of rotatable bonds is 6. The van der Waals surface area contributed by atoms with Crippen molar-refractivity contribution in [3.05, 3.63) is 45.0 Å². The molecule has 0 spiro atoms. The average Bonchev–Trinajstić information content (AvgIpc) is 2.57. The molecule has 1 N–H and O–H groups in total. The summed E-state index contributed by atoms with van der Waals surface area (Å²) in [6, 6.07) is 3.90. The Bertz CT molecular complexity index is 796. The molecule has 1 aliphatic carbocycles. The summed E-state index contributed by atoms with van der Waals surface area (Å²) in [6.45, 7) is 10.6. The predicted molar refractivity (Wildman–Crippen MR) is 107 cm³/mol. The van der Waals surface area contributed by atoms with E-state index in [1.165, 1.54) is 5.57 Å². The van der Waals surface area contributed by atoms with Gasteiger partial charge in [0.15, 0.2) is 0 Å². The van der Waals surface area contributed by atoms with Gasteiger partial charge in [0.05, 0.1) is 6.61 Å². The highest BCUT2D eigenvalue weighted by atomic mass is 16.9. The molecule has 3 rings (SSSR count). The molecule has 0 amide bonds. The molecule has 1 heterocycles. The van der Waals surface area contributed by atoms with Crippen LogP contribution < -0.4 is 4.74 Å². The zero-order valence-electron chi connectivity index (χ0n) is 17.4. The van der Waals surface area contributed by atoms with Crippen LogP contribution in [0.15, 0.2) is 23.8 Å². The van der Waals surface area contributed by atoms with Crippen LogP contribution in [-0.4, -0.2) is 22.4 Å². The SMILES string of the molecule is CC1=CC[C@@H]2[C@@H](C1)c1c(O)cc(C(C)(C)CCCO[N+](=O)[O-])cc1OC2(C)C. The molecule has 0 bridgehead atoms. The van der Waals surface area contributed by atoms with E-state index in [0.29, 0.717) is 24.5 Å². The van der Waals surface area contributed by atoms with Gasteiger partial charge < -0.3 is 14.7 Å². The largest absolute Gasteiger partial charge is 0.508 e. The Hall–Kier alpha value is -2.24. The highest BCUT2D eigenvalue weighted by Crippen LogP contribution is 2.54. The smallest absolute Gasteiger partial charge is 0.294 e. The van der Waals surface area contributed by atoms with Crippen LogP contribution in [0.2, 0.25) is 0 Å². The van der Waals surface area contributed by atoms with E-state index in [9.17, 15) is 15.2 Å². The third-order valence-corrected chi connectivity index (χ3v) is 6.43. The van der Waals surface area contributed by atoms with Crippen LogP contribution in [-0.2, 0) is 10.3 Å². The Morgan fingerprint density at radius 1 is 1.39 bits per heavy atom. The van der Waals surface area contributed by atoms with Gasteiger partial charge in [-0.3, -0.25) is 0 Å². The van der Waals surface area contributed by atoms with E-state index in [1.807, 2.05) is 6.07 Å². The second kappa shape index (κ2) is 7.30. The molecule has 0 unspecified atom stereocenters. The van der Waals surface area contributed by atoms with E-state index in [1.54, 1.807) is 0 Å². The number of fused-ring (bicyclic) bond motifs is 3. The second-order valence-corrected chi connectivity index (χ2v) is 9.36. The van der Waals surface area contributed by atoms with Gasteiger partial charge >= 0.3 is 0 Å². The quantitative estimate of drug-likeness (QED) is 0.310. The summed E-state index contributed by atoms with van der Waals surface area (Å²) in [7, 11) is 0. The molecular weight excluding hydrogens is 358 g/mol. The van der Waals surface area contributed by atoms with E-state index in [0.717, 1.165) is 29.7 Å². The van der Waals surface area contributed by atoms with Crippen LogP contribution in [0.25, 0.3) is 0 Å². The van der Waals surface area contributed by atoms with E-state index >= 15 is 0 Å². The molecule has 0 saturated carbocycles. The third kappa shape index (κ3) is 3.96. The third-order valence-electron chi connectivity index (χ3n) is 6.43. The predicted octanol–water partition coefficient (Wildman–Crippen LogP) is 5.27. The number of aromatic hydroxyl groups is 1. The van der Waals surface area contributed by atoms with Gasteiger partial charge in [0, 0.05) is 17.4 Å². The first-order valence-electron chi connectivity index (χ1n) is 10.0. The van der Waals surface area contributed by atoms with Gasteiger partial charge in [0.1, 0.15) is 17.1 Å². The van der Waals surface area contributed by atoms with Crippen molar-refractivity contribution in [1.82, 2.24) is 0 Å². The van der Waals surface area contributed by atoms with E-state index in [2.05, 4.69) is 51.6 Å². The number of ether oxygens (including phenoxy) is 1. The summed E-state index contributed by atoms with van der Waals surface area (Å²) in [5, 5.41) is 20.5. The van der Waals surface area contributed by atoms with Gasteiger partial charge in [-0.1, -0.05) is 25.5 Å². The molecule has 0 saturated heterocycles. The summed E-state index contributed by atoms with van der Waals surface area (Å²) < 4.78 is 6.39. The van der Waals surface area contributed by atoms with Gasteiger partial charge in [-0.15, -0.1) is 10.1 Å². The molecule has 1 aliphatic heterocycles. The van der Waals surface area contributed by atoms with Gasteiger partial charge in [-0.25, -0.2) is 0 Å². The molecule has 0 fully saturated rings. The molecule has 2 atom stereocenters. The van der Waals surface area contributed by atoms with Crippen LogP contribution in [0.4, 0.5) is 0 Å². The van der Waals surface area contributed by atoms with Gasteiger partial charge in [0.25, 0.3) is 5.09 Å². The molecule has 6 heteroatoms. The van der Waals surface area contributed by atoms with Gasteiger partial charge in [0.2, 0.25) is 0 Å². The molecule has 2 aliphatic rings. The van der Waals surface area contributed by atoms with E-state index in [4.69, 9.17) is 4.74 Å². The first-order chi connectivity index (χ1) is 13.0. The summed E-state index contributed by atoms with van der Waals surface area (Å²) in [5.74, 6) is 1.66. The molecule has 28 heavy (non-hydrogen) atoms. The minimum atomic E-state index is -0.759. The second-order valence-electron chi connectivity index (χ2n) is 9.36. The van der Waals surface area contributed by atoms with Crippen molar-refractivity contribution in [1.29, 1.82) is 0 Å². The number of benzene rings is 1. The Morgan fingerprint density at radius 2 is 2.11 bits per heavy atom. The molecule has 1 aromatic rings. The zero-order valence-corrected chi connectivity index (χ0v) is 17.4. The highest BCUT2D eigenvalue weighted by Gasteiger charge is 2.46. The van der Waals surface area contributed by atoms with Crippen molar-refractivity contribution in [3.8, 4) is 11.5 Å². The fourth-order valence-corrected chi connectivity index (χ4v) is 4.75. The standard InChI is InChI=1S/C22H31NO5/c1-14-7-8-17-16(11-14)20-18(24)12-15(13-19(20)28-22(17,4)5)21(2,3)9-6-10-27-23(25)26/h7,12-13,16-17,24H,6,8-11H2,1-5H3/t16-,17-/m1/s1. The summed E-state index contributed by atoms with van der Waals surface area (Å²) in [4.78, 5) is 14.8. The lowest BCUT2D eigenvalue weighted by Crippen LogP contribution is -2.45. The number of hydrogen-bond donors (Lipinski definition) is 1. The normalized spacial score (nSPS) is 23.1. The Morgan fingerprint density at radius 3 is 2.79 bits per heavy atom. The lowest BCUT2D eigenvalue weighted by Gasteiger charge is -2.47. The van der Waals surface area contributed by atoms with Gasteiger partial charge in [-0.05, 0) is 69.6 Å². The maximum absolute atomic E-state index is 10.9. The molecule has 1 aromatic carbocycles. The van der Waals surface area contributed by atoms with Crippen LogP contribution >= 0.6 is 0 Å². The van der Waals surface area contributed by atoms with Crippen molar-refractivity contribution >= 4 is 0 Å². The number of phenolic OH excluding ortho intramolecular Hbond substituents is 1. The van der Waals surface area contributed by atoms with Crippen molar-refractivity contribution in [3.63, 3.8) is 0 Å². The summed E-state index contributed by atoms with van der Waals surface area (Å²) >= 11 is 0. The highest BCUT2D eigenvalue weighted by molar-refractivity contribution is 5.54. The first kappa shape index (κ1) is 20.5. The van der Waals surface area contributed by atoms with Crippen LogP contribution in [0.3, 0.4) is 0 Å². The van der Waals surface area contributed by atoms with Crippen molar-refractivity contribution in [2.45, 2.75) is 77.2 Å². The maximum Gasteiger partial charge on any atom is 0.294 e. The average molecular weight is 389 g/mol. The topological polar surface area (TPSA) is 81.8 Å². The van der Waals surface area contributed by atoms with Crippen molar-refractivity contribution in [2.75, 3.05) is 6.61 Å². The van der Waals surface area contributed by atoms with Crippen LogP contribution in [0.5, 0.6) is 11.5 Å². The van der Waals surface area contributed by atoms with Crippen LogP contribution in [0, 0.1) is 16.0 Å². The van der Waals surface area contributed by atoms with E-state index < -0.39 is 5.09 Å². The first-order valence-corrected chi connectivity index (χ1v) is 10.0. The Labute approximate surface area is 166 Å². The molecular formula is C22H31NO5. The number of hydrogen-bond acceptors (Lipinski definition) is 5. The van der Waals surface area contributed by atoms with Crippen molar-refractivity contribution in [2.24, 2.45) is 5.92 Å². The van der Waals surface area contributed by atoms with Crippen molar-refractivity contribution < 1.29 is 19.8 Å². The number of nitrogens with zero attached hydrogens (tertiary/aromatic N) is 1. The van der Waals surface area contributed by atoms with E-state index in [-0.39, 0.29) is 23.5 Å². The Kier molecular flexibility index (Phi) is 5.34. The molecule has 6 nitrogen and oxygen atoms in total. The molecule has 154 valence electrons. The minimum absolute atomic E-state index is 0.0756. The molecule has 0 aromatic heterocycles. The fourth-order valence-electron chi connectivity index (χ4n) is 4.75. The van der Waals surface area contributed by atoms with Crippen LogP contribution in [0.1, 0.15) is 77.3 Å². The number of allylic oxidation sites excluding steroid dienone is 2. The fraction of sp³-hybridized carbons (Fsp3) is 0.636. The summed E-state index contributed by atoms with van der Waals surface area (Å²) in [5.41, 5.74) is 2.69. The lowest BCUT2D eigenvalue weighted by atomic mass is 9.66. The molecule has 0 radical (unpaired) electrons. The minimum Gasteiger partial charge on any atom is -0.508 e.